The van der Waals surface area contributed by atoms with E-state index in [2.05, 4.69) is 56.1 Å². The Labute approximate surface area is 229 Å². The molecule has 204 valence electrons. The van der Waals surface area contributed by atoms with E-state index in [1.165, 1.54) is 115 Å². The number of carbonyl (C=O) groups excluding carboxylic acids is 1. The van der Waals surface area contributed by atoms with E-state index in [4.69, 9.17) is 0 Å². The molecular weight excluding hydrogens is 543 g/mol. The van der Waals surface area contributed by atoms with Gasteiger partial charge in [0.15, 0.2) is 0 Å². The fraction of sp³-hybridized carbons (Fsp3) is 0.735. The van der Waals surface area contributed by atoms with Crippen LogP contribution in [-0.4, -0.2) is 24.2 Å². The molecule has 1 aromatic carbocycles. The first kappa shape index (κ1) is 31.6. The van der Waals surface area contributed by atoms with E-state index in [1.54, 1.807) is 5.57 Å². The molecule has 0 aliphatic heterocycles. The molecule has 0 saturated heterocycles. The summed E-state index contributed by atoms with van der Waals surface area (Å²) < 4.78 is 7.43. The first-order chi connectivity index (χ1) is 17.6. The van der Waals surface area contributed by atoms with Gasteiger partial charge in [-0.2, -0.15) is 0 Å². The van der Waals surface area contributed by atoms with Crippen LogP contribution in [0.1, 0.15) is 146 Å². The number of ketones is 1. The van der Waals surface area contributed by atoms with E-state index >= 15 is 0 Å². The Hall–Kier alpha value is -0.571. The quantitative estimate of drug-likeness (QED) is 0.107. The number of carbonyl (C=O) groups is 1. The first-order valence-corrected chi connectivity index (χ1v) is 23.6. The van der Waals surface area contributed by atoms with Crippen LogP contribution >= 0.6 is 0 Å². The Balaban J connectivity index is 2.26. The third kappa shape index (κ3) is 10.7. The Morgan fingerprint density at radius 1 is 0.750 bits per heavy atom. The van der Waals surface area contributed by atoms with Crippen molar-refractivity contribution in [2.24, 2.45) is 5.92 Å². The standard InChI is InChI=1S/C22H31O.3C4H9.Sn/c1-3-4-5-6-7-8-9-10-13-18(2)20-17-16-19-14-11-12-15-21(19)22(20)23;3*1-3-4-2;/h2,11-12,14-15,20H,3-10,13,16-17H2,1H3;3*1,3-4H2,2H3;. The summed E-state index contributed by atoms with van der Waals surface area (Å²) in [6, 6.07) is 8.44. The zero-order chi connectivity index (χ0) is 26.1. The summed E-state index contributed by atoms with van der Waals surface area (Å²) in [5, 5.41) is 0. The van der Waals surface area contributed by atoms with E-state index in [1.807, 2.05) is 0 Å². The predicted molar refractivity (Wildman–Crippen MR) is 163 cm³/mol. The zero-order valence-corrected chi connectivity index (χ0v) is 27.4. The maximum atomic E-state index is 13.8. The monoisotopic (exact) mass is 602 g/mol. The molecule has 2 rings (SSSR count). The Bertz CT molecular complexity index is 742. The molecule has 0 saturated carbocycles. The molecule has 0 aromatic heterocycles. The number of aryl methyl sites for hydroxylation is 1. The van der Waals surface area contributed by atoms with Crippen LogP contribution in [-0.2, 0) is 6.42 Å². The number of fused-ring (bicyclic) bond motifs is 1. The van der Waals surface area contributed by atoms with Crippen LogP contribution in [0.4, 0.5) is 0 Å². The molecule has 0 amide bonds. The van der Waals surface area contributed by atoms with E-state index in [0.717, 1.165) is 18.4 Å². The van der Waals surface area contributed by atoms with Crippen LogP contribution in [0.3, 0.4) is 0 Å². The minimum atomic E-state index is -2.46. The van der Waals surface area contributed by atoms with Crippen LogP contribution in [0.5, 0.6) is 0 Å². The van der Waals surface area contributed by atoms with Crippen molar-refractivity contribution < 1.29 is 4.79 Å². The summed E-state index contributed by atoms with van der Waals surface area (Å²) >= 11 is -2.46. The molecule has 0 fully saturated rings. The Kier molecular flexibility index (Phi) is 16.4. The van der Waals surface area contributed by atoms with Crippen LogP contribution in [0.25, 0.3) is 0 Å². The van der Waals surface area contributed by atoms with Gasteiger partial charge >= 0.3 is 230 Å². The minimum absolute atomic E-state index is 0.158. The first-order valence-electron chi connectivity index (χ1n) is 15.9. The summed E-state index contributed by atoms with van der Waals surface area (Å²) in [5.74, 6) is 0.592. The molecule has 0 heterocycles. The van der Waals surface area contributed by atoms with E-state index in [0.29, 0.717) is 5.78 Å². The predicted octanol–water partition coefficient (Wildman–Crippen LogP) is 11.3. The third-order valence-electron chi connectivity index (χ3n) is 8.64. The van der Waals surface area contributed by atoms with Crippen molar-refractivity contribution in [3.63, 3.8) is 0 Å². The van der Waals surface area contributed by atoms with Gasteiger partial charge in [0, 0.05) is 0 Å². The molecule has 0 radical (unpaired) electrons. The van der Waals surface area contributed by atoms with Gasteiger partial charge in [-0.3, -0.25) is 0 Å². The normalized spacial score (nSPS) is 16.4. The van der Waals surface area contributed by atoms with Crippen molar-refractivity contribution in [1.29, 1.82) is 0 Å². The van der Waals surface area contributed by atoms with Crippen molar-refractivity contribution in [3.05, 3.63) is 45.1 Å². The molecule has 1 aliphatic carbocycles. The number of rotatable bonds is 20. The molecule has 0 bridgehead atoms. The molecule has 1 aromatic rings. The van der Waals surface area contributed by atoms with Gasteiger partial charge in [0.05, 0.1) is 0 Å². The van der Waals surface area contributed by atoms with Gasteiger partial charge in [-0.05, 0) is 0 Å². The van der Waals surface area contributed by atoms with E-state index in [-0.39, 0.29) is 5.92 Å². The summed E-state index contributed by atoms with van der Waals surface area (Å²) in [4.78, 5) is 13.8. The molecule has 1 unspecified atom stereocenters. The zero-order valence-electron chi connectivity index (χ0n) is 24.5. The van der Waals surface area contributed by atoms with Gasteiger partial charge in [0.25, 0.3) is 0 Å². The average Bonchev–Trinajstić information content (AvgIpc) is 2.90. The number of hydrogen-bond acceptors (Lipinski definition) is 1. The van der Waals surface area contributed by atoms with Crippen LogP contribution in [0, 0.1) is 5.92 Å². The molecular formula is C34H58OSn. The molecule has 0 spiro atoms. The van der Waals surface area contributed by atoms with Gasteiger partial charge in [0.1, 0.15) is 0 Å². The van der Waals surface area contributed by atoms with E-state index < -0.39 is 18.4 Å². The third-order valence-corrected chi connectivity index (χ3v) is 23.0. The van der Waals surface area contributed by atoms with Crippen LogP contribution < -0.4 is 0 Å². The number of unbranched alkanes of at least 4 members (excludes halogenated alkanes) is 10. The van der Waals surface area contributed by atoms with Crippen LogP contribution in [0.2, 0.25) is 13.3 Å². The number of hydrogen-bond donors (Lipinski definition) is 0. The van der Waals surface area contributed by atoms with Gasteiger partial charge in [-0.1, -0.05) is 0 Å². The van der Waals surface area contributed by atoms with Crippen molar-refractivity contribution in [1.82, 2.24) is 0 Å². The fourth-order valence-corrected chi connectivity index (χ4v) is 22.0. The molecule has 2 heteroatoms. The van der Waals surface area contributed by atoms with E-state index in [9.17, 15) is 4.79 Å². The van der Waals surface area contributed by atoms with Gasteiger partial charge < -0.3 is 0 Å². The second-order valence-corrected chi connectivity index (χ2v) is 24.6. The Morgan fingerprint density at radius 2 is 1.28 bits per heavy atom. The van der Waals surface area contributed by atoms with Crippen LogP contribution in [0.15, 0.2) is 33.9 Å². The summed E-state index contributed by atoms with van der Waals surface area (Å²) in [7, 11) is 0. The van der Waals surface area contributed by atoms with Gasteiger partial charge in [0.2, 0.25) is 0 Å². The number of Topliss-reactive ketones (excluding diaryl/α,β-unsaturated/α-hetero) is 1. The summed E-state index contributed by atoms with van der Waals surface area (Å²) in [6.45, 7) is 9.39. The summed E-state index contributed by atoms with van der Waals surface area (Å²) in [5.41, 5.74) is 3.90. The fourth-order valence-electron chi connectivity index (χ4n) is 6.33. The molecule has 0 N–H and O–H groups in total. The topological polar surface area (TPSA) is 17.1 Å². The maximum absolute atomic E-state index is 13.8. The molecule has 1 atom stereocenters. The van der Waals surface area contributed by atoms with Crippen molar-refractivity contribution in [2.75, 3.05) is 0 Å². The second kappa shape index (κ2) is 18.6. The molecule has 36 heavy (non-hydrogen) atoms. The number of benzene rings is 1. The summed E-state index contributed by atoms with van der Waals surface area (Å²) in [6.07, 6.45) is 22.3. The number of allylic oxidation sites excluding steroid dienone is 1. The van der Waals surface area contributed by atoms with Crippen molar-refractivity contribution in [3.8, 4) is 0 Å². The van der Waals surface area contributed by atoms with Crippen molar-refractivity contribution in [2.45, 2.75) is 150 Å². The molecule has 1 nitrogen and oxygen atoms in total. The molecule has 1 aliphatic rings. The SMILES string of the molecule is CCCCCCCCCC/C(=[CH]\[Sn]([CH2]CCC)([CH2]CCC)[CH2]CCC)C1CCc2ccccc2C1=O. The second-order valence-electron chi connectivity index (χ2n) is 11.7. The van der Waals surface area contributed by atoms with Gasteiger partial charge in [-0.15, -0.1) is 0 Å². The Morgan fingerprint density at radius 3 is 1.86 bits per heavy atom. The van der Waals surface area contributed by atoms with Gasteiger partial charge in [-0.25, -0.2) is 0 Å². The van der Waals surface area contributed by atoms with Crippen molar-refractivity contribution >= 4 is 24.2 Å². The average molecular weight is 602 g/mol.